The molecule has 1 N–H and O–H groups in total. The van der Waals surface area contributed by atoms with Gasteiger partial charge in [0.1, 0.15) is 23.9 Å². The number of nitrogens with one attached hydrogen (secondary N) is 1. The molecule has 6 heteroatoms. The van der Waals surface area contributed by atoms with Gasteiger partial charge in [0, 0.05) is 6.04 Å². The van der Waals surface area contributed by atoms with E-state index in [1.165, 1.54) is 5.56 Å². The zero-order valence-corrected chi connectivity index (χ0v) is 17.2. The highest BCUT2D eigenvalue weighted by Gasteiger charge is 2.27. The average Bonchev–Trinajstić information content (AvgIpc) is 3.20. The standard InChI is InChI=1S/C23H30N2O4/c1-3-28-19-9-11-20(12-10-19)29-15-13-24-23(26)17-25-14-5-8-22(25)18-6-4-7-21(16-18)27-2/h4,6-7,9-12,16,22H,3,5,8,13-15,17H2,1-2H3,(H,24,26). The Morgan fingerprint density at radius 1 is 1.10 bits per heavy atom. The second kappa shape index (κ2) is 10.7. The summed E-state index contributed by atoms with van der Waals surface area (Å²) in [6.45, 7) is 4.82. The molecular weight excluding hydrogens is 368 g/mol. The summed E-state index contributed by atoms with van der Waals surface area (Å²) in [5.41, 5.74) is 1.20. The Hall–Kier alpha value is -2.73. The van der Waals surface area contributed by atoms with Crippen molar-refractivity contribution in [3.05, 3.63) is 54.1 Å². The Bertz CT molecular complexity index is 779. The number of carbonyl (C=O) groups excluding carboxylic acids is 1. The Morgan fingerprint density at radius 2 is 1.86 bits per heavy atom. The van der Waals surface area contributed by atoms with Gasteiger partial charge in [0.05, 0.1) is 26.8 Å². The van der Waals surface area contributed by atoms with E-state index in [4.69, 9.17) is 14.2 Å². The van der Waals surface area contributed by atoms with Gasteiger partial charge in [0.25, 0.3) is 0 Å². The Morgan fingerprint density at radius 3 is 2.59 bits per heavy atom. The second-order valence-electron chi connectivity index (χ2n) is 7.01. The first kappa shape index (κ1) is 21.0. The monoisotopic (exact) mass is 398 g/mol. The summed E-state index contributed by atoms with van der Waals surface area (Å²) < 4.78 is 16.4. The van der Waals surface area contributed by atoms with Crippen LogP contribution >= 0.6 is 0 Å². The Labute approximate surface area is 172 Å². The van der Waals surface area contributed by atoms with Crippen LogP contribution in [-0.2, 0) is 4.79 Å². The van der Waals surface area contributed by atoms with Crippen molar-refractivity contribution in [2.75, 3.05) is 40.0 Å². The molecule has 1 aliphatic rings. The molecule has 6 nitrogen and oxygen atoms in total. The molecule has 2 aromatic carbocycles. The van der Waals surface area contributed by atoms with E-state index >= 15 is 0 Å². The van der Waals surface area contributed by atoms with Gasteiger partial charge in [-0.15, -0.1) is 0 Å². The molecule has 1 aliphatic heterocycles. The van der Waals surface area contributed by atoms with Crippen LogP contribution < -0.4 is 19.5 Å². The molecule has 156 valence electrons. The number of carbonyl (C=O) groups is 1. The van der Waals surface area contributed by atoms with Gasteiger partial charge in [-0.25, -0.2) is 0 Å². The number of amides is 1. The topological polar surface area (TPSA) is 60.0 Å². The molecule has 29 heavy (non-hydrogen) atoms. The number of rotatable bonds is 10. The summed E-state index contributed by atoms with van der Waals surface area (Å²) in [4.78, 5) is 14.6. The Kier molecular flexibility index (Phi) is 7.76. The number of hydrogen-bond acceptors (Lipinski definition) is 5. The lowest BCUT2D eigenvalue weighted by molar-refractivity contribution is -0.122. The van der Waals surface area contributed by atoms with Crippen LogP contribution in [0.1, 0.15) is 31.4 Å². The molecule has 1 atom stereocenters. The van der Waals surface area contributed by atoms with Gasteiger partial charge in [-0.05, 0) is 68.3 Å². The van der Waals surface area contributed by atoms with E-state index in [1.54, 1.807) is 7.11 Å². The summed E-state index contributed by atoms with van der Waals surface area (Å²) in [5, 5.41) is 2.95. The number of nitrogens with zero attached hydrogens (tertiary/aromatic N) is 1. The first-order valence-electron chi connectivity index (χ1n) is 10.2. The first-order chi connectivity index (χ1) is 14.2. The highest BCUT2D eigenvalue weighted by Crippen LogP contribution is 2.33. The van der Waals surface area contributed by atoms with E-state index in [0.717, 1.165) is 36.6 Å². The SMILES string of the molecule is CCOc1ccc(OCCNC(=O)CN2CCCC2c2cccc(OC)c2)cc1. The van der Waals surface area contributed by atoms with Crippen molar-refractivity contribution in [1.82, 2.24) is 10.2 Å². The smallest absolute Gasteiger partial charge is 0.234 e. The van der Waals surface area contributed by atoms with E-state index in [-0.39, 0.29) is 11.9 Å². The third-order valence-electron chi connectivity index (χ3n) is 5.02. The lowest BCUT2D eigenvalue weighted by atomic mass is 10.0. The average molecular weight is 399 g/mol. The molecule has 1 amide bonds. The van der Waals surface area contributed by atoms with Crippen molar-refractivity contribution in [3.8, 4) is 17.2 Å². The van der Waals surface area contributed by atoms with Crippen LogP contribution in [0.15, 0.2) is 48.5 Å². The molecule has 1 fully saturated rings. The number of ether oxygens (including phenoxy) is 3. The lowest BCUT2D eigenvalue weighted by Crippen LogP contribution is -2.38. The summed E-state index contributed by atoms with van der Waals surface area (Å²) in [5.74, 6) is 2.46. The second-order valence-corrected chi connectivity index (χ2v) is 7.01. The van der Waals surface area contributed by atoms with E-state index in [0.29, 0.717) is 26.3 Å². The predicted octanol–water partition coefficient (Wildman–Crippen LogP) is 3.43. The molecule has 0 aromatic heterocycles. The fourth-order valence-corrected chi connectivity index (χ4v) is 3.64. The number of likely N-dealkylation sites (tertiary alicyclic amines) is 1. The molecule has 3 rings (SSSR count). The third-order valence-corrected chi connectivity index (χ3v) is 5.02. The van der Waals surface area contributed by atoms with Crippen molar-refractivity contribution in [2.45, 2.75) is 25.8 Å². The van der Waals surface area contributed by atoms with Crippen molar-refractivity contribution >= 4 is 5.91 Å². The fourth-order valence-electron chi connectivity index (χ4n) is 3.64. The maximum atomic E-state index is 12.4. The largest absolute Gasteiger partial charge is 0.497 e. The highest BCUT2D eigenvalue weighted by atomic mass is 16.5. The maximum Gasteiger partial charge on any atom is 0.234 e. The fraction of sp³-hybridized carbons (Fsp3) is 0.435. The van der Waals surface area contributed by atoms with E-state index < -0.39 is 0 Å². The van der Waals surface area contributed by atoms with Gasteiger partial charge < -0.3 is 19.5 Å². The quantitative estimate of drug-likeness (QED) is 0.622. The third kappa shape index (κ3) is 6.12. The summed E-state index contributed by atoms with van der Waals surface area (Å²) >= 11 is 0. The number of hydrogen-bond donors (Lipinski definition) is 1. The molecule has 2 aromatic rings. The molecule has 0 bridgehead atoms. The predicted molar refractivity (Wildman–Crippen MR) is 113 cm³/mol. The molecular formula is C23H30N2O4. The normalized spacial score (nSPS) is 16.4. The van der Waals surface area contributed by atoms with E-state index in [1.807, 2.05) is 43.3 Å². The van der Waals surface area contributed by atoms with Crippen molar-refractivity contribution in [2.24, 2.45) is 0 Å². The minimum atomic E-state index is 0.0232. The first-order valence-corrected chi connectivity index (χ1v) is 10.2. The van der Waals surface area contributed by atoms with Crippen molar-refractivity contribution < 1.29 is 19.0 Å². The van der Waals surface area contributed by atoms with Crippen LogP contribution in [0, 0.1) is 0 Å². The summed E-state index contributed by atoms with van der Waals surface area (Å²) in [6, 6.07) is 15.9. The van der Waals surface area contributed by atoms with Crippen LogP contribution in [0.3, 0.4) is 0 Å². The van der Waals surface area contributed by atoms with Gasteiger partial charge in [-0.3, -0.25) is 9.69 Å². The molecule has 1 heterocycles. The molecule has 0 radical (unpaired) electrons. The van der Waals surface area contributed by atoms with Crippen molar-refractivity contribution in [3.63, 3.8) is 0 Å². The van der Waals surface area contributed by atoms with Crippen LogP contribution in [-0.4, -0.2) is 50.8 Å². The molecule has 0 spiro atoms. The van der Waals surface area contributed by atoms with Gasteiger partial charge in [-0.2, -0.15) is 0 Å². The minimum absolute atomic E-state index is 0.0232. The molecule has 0 saturated carbocycles. The maximum absolute atomic E-state index is 12.4. The van der Waals surface area contributed by atoms with Gasteiger partial charge in [-0.1, -0.05) is 12.1 Å². The van der Waals surface area contributed by atoms with Crippen LogP contribution in [0.25, 0.3) is 0 Å². The molecule has 1 unspecified atom stereocenters. The summed E-state index contributed by atoms with van der Waals surface area (Å²) in [7, 11) is 1.67. The van der Waals surface area contributed by atoms with Gasteiger partial charge in [0.15, 0.2) is 0 Å². The minimum Gasteiger partial charge on any atom is -0.497 e. The van der Waals surface area contributed by atoms with Gasteiger partial charge in [0.2, 0.25) is 5.91 Å². The van der Waals surface area contributed by atoms with E-state index in [9.17, 15) is 4.79 Å². The van der Waals surface area contributed by atoms with Crippen LogP contribution in [0.2, 0.25) is 0 Å². The van der Waals surface area contributed by atoms with Crippen LogP contribution in [0.4, 0.5) is 0 Å². The molecule has 0 aliphatic carbocycles. The van der Waals surface area contributed by atoms with E-state index in [2.05, 4.69) is 22.3 Å². The summed E-state index contributed by atoms with van der Waals surface area (Å²) in [6.07, 6.45) is 2.15. The van der Waals surface area contributed by atoms with Crippen molar-refractivity contribution in [1.29, 1.82) is 0 Å². The zero-order chi connectivity index (χ0) is 20.5. The number of benzene rings is 2. The Balaban J connectivity index is 1.41. The zero-order valence-electron chi connectivity index (χ0n) is 17.2. The lowest BCUT2D eigenvalue weighted by Gasteiger charge is -2.24. The highest BCUT2D eigenvalue weighted by molar-refractivity contribution is 5.78. The molecule has 1 saturated heterocycles. The van der Waals surface area contributed by atoms with Crippen LogP contribution in [0.5, 0.6) is 17.2 Å². The van der Waals surface area contributed by atoms with Gasteiger partial charge >= 0.3 is 0 Å². The number of methoxy groups -OCH3 is 1.